The highest BCUT2D eigenvalue weighted by molar-refractivity contribution is 5.90. The van der Waals surface area contributed by atoms with Gasteiger partial charge in [-0.25, -0.2) is 9.36 Å². The minimum Gasteiger partial charge on any atom is -0.495 e. The standard InChI is InChI=1S/C18H17NO5/c1-23-13-6-5-11(18(22)24-2)8-12(13)19-16(20)14-9-3-4-10(7-9)15(14)17(19)21/h3-6,8-10,20-21H,7H2,1-2H3. The minimum absolute atomic E-state index is 0.0142. The molecule has 1 aromatic carbocycles. The van der Waals surface area contributed by atoms with Crippen LogP contribution in [0.3, 0.4) is 0 Å². The number of hydrogen-bond acceptors (Lipinski definition) is 5. The molecule has 2 bridgehead atoms. The molecule has 0 saturated heterocycles. The van der Waals surface area contributed by atoms with Crippen molar-refractivity contribution < 1.29 is 24.5 Å². The highest BCUT2D eigenvalue weighted by Crippen LogP contribution is 2.57. The fourth-order valence-electron chi connectivity index (χ4n) is 3.78. The number of carbonyl (C=O) groups is 1. The summed E-state index contributed by atoms with van der Waals surface area (Å²) in [4.78, 5) is 11.8. The zero-order chi connectivity index (χ0) is 17.0. The highest BCUT2D eigenvalue weighted by Gasteiger charge is 2.41. The molecule has 0 amide bonds. The van der Waals surface area contributed by atoms with Gasteiger partial charge in [-0.05, 0) is 24.6 Å². The van der Waals surface area contributed by atoms with E-state index < -0.39 is 5.97 Å². The zero-order valence-electron chi connectivity index (χ0n) is 13.3. The van der Waals surface area contributed by atoms with E-state index in [2.05, 4.69) is 12.2 Å². The van der Waals surface area contributed by atoms with E-state index in [0.717, 1.165) is 17.5 Å². The molecule has 1 heterocycles. The first kappa shape index (κ1) is 14.7. The number of allylic oxidation sites excluding steroid dienone is 2. The van der Waals surface area contributed by atoms with E-state index in [9.17, 15) is 15.0 Å². The maximum Gasteiger partial charge on any atom is 0.337 e. The molecule has 2 unspecified atom stereocenters. The number of hydrogen-bond donors (Lipinski definition) is 2. The van der Waals surface area contributed by atoms with Gasteiger partial charge in [0.1, 0.15) is 5.75 Å². The first-order valence-electron chi connectivity index (χ1n) is 7.68. The molecule has 2 aliphatic carbocycles. The van der Waals surface area contributed by atoms with Crippen LogP contribution >= 0.6 is 0 Å². The van der Waals surface area contributed by atoms with Gasteiger partial charge in [-0.1, -0.05) is 12.2 Å². The largest absolute Gasteiger partial charge is 0.495 e. The van der Waals surface area contributed by atoms with Gasteiger partial charge in [-0.3, -0.25) is 0 Å². The van der Waals surface area contributed by atoms with Crippen LogP contribution in [0.4, 0.5) is 0 Å². The number of fused-ring (bicyclic) bond motifs is 5. The fraction of sp³-hybridized carbons (Fsp3) is 0.278. The Kier molecular flexibility index (Phi) is 3.09. The molecule has 2 aromatic rings. The lowest BCUT2D eigenvalue weighted by Gasteiger charge is -2.14. The second kappa shape index (κ2) is 5.06. The smallest absolute Gasteiger partial charge is 0.337 e. The summed E-state index contributed by atoms with van der Waals surface area (Å²) in [6, 6.07) is 4.72. The van der Waals surface area contributed by atoms with Crippen molar-refractivity contribution in [1.29, 1.82) is 0 Å². The third-order valence-corrected chi connectivity index (χ3v) is 4.86. The Morgan fingerprint density at radius 3 is 2.29 bits per heavy atom. The predicted octanol–water partition coefficient (Wildman–Crippen LogP) is 2.82. The Morgan fingerprint density at radius 2 is 1.75 bits per heavy atom. The molecule has 1 aromatic heterocycles. The molecule has 0 saturated carbocycles. The first-order valence-corrected chi connectivity index (χ1v) is 7.68. The summed E-state index contributed by atoms with van der Waals surface area (Å²) in [6.07, 6.45) is 4.99. The summed E-state index contributed by atoms with van der Waals surface area (Å²) in [6.45, 7) is 0. The van der Waals surface area contributed by atoms with Gasteiger partial charge in [0.05, 0.1) is 25.5 Å². The molecule has 124 valence electrons. The van der Waals surface area contributed by atoms with Crippen LogP contribution in [-0.2, 0) is 4.74 Å². The van der Waals surface area contributed by atoms with Crippen LogP contribution < -0.4 is 4.74 Å². The number of carbonyl (C=O) groups excluding carboxylic acids is 1. The third-order valence-electron chi connectivity index (χ3n) is 4.86. The molecular weight excluding hydrogens is 310 g/mol. The highest BCUT2D eigenvalue weighted by atomic mass is 16.5. The Bertz CT molecular complexity index is 845. The van der Waals surface area contributed by atoms with Crippen LogP contribution in [0.25, 0.3) is 5.69 Å². The molecular formula is C18H17NO5. The fourth-order valence-corrected chi connectivity index (χ4v) is 3.78. The Hall–Kier alpha value is -2.89. The number of aromatic hydroxyl groups is 2. The van der Waals surface area contributed by atoms with E-state index >= 15 is 0 Å². The van der Waals surface area contributed by atoms with E-state index in [0.29, 0.717) is 17.0 Å². The topological polar surface area (TPSA) is 80.9 Å². The number of aromatic nitrogens is 1. The van der Waals surface area contributed by atoms with Gasteiger partial charge in [0.2, 0.25) is 11.8 Å². The Balaban J connectivity index is 1.93. The summed E-state index contributed by atoms with van der Waals surface area (Å²) in [5, 5.41) is 21.4. The lowest BCUT2D eigenvalue weighted by atomic mass is 10.0. The van der Waals surface area contributed by atoms with Gasteiger partial charge in [0, 0.05) is 23.0 Å². The first-order chi connectivity index (χ1) is 11.6. The number of benzene rings is 1. The van der Waals surface area contributed by atoms with Crippen molar-refractivity contribution in [2.45, 2.75) is 18.3 Å². The third kappa shape index (κ3) is 1.79. The molecule has 6 nitrogen and oxygen atoms in total. The molecule has 24 heavy (non-hydrogen) atoms. The molecule has 2 aliphatic rings. The van der Waals surface area contributed by atoms with E-state index in [-0.39, 0.29) is 23.6 Å². The number of methoxy groups -OCH3 is 2. The normalized spacial score (nSPS) is 20.2. The summed E-state index contributed by atoms with van der Waals surface area (Å²) in [5.74, 6) is 0.139. The van der Waals surface area contributed by atoms with E-state index in [1.165, 1.54) is 24.9 Å². The van der Waals surface area contributed by atoms with Gasteiger partial charge in [0.15, 0.2) is 0 Å². The summed E-state index contributed by atoms with van der Waals surface area (Å²) in [7, 11) is 2.79. The molecule has 0 spiro atoms. The molecule has 0 radical (unpaired) electrons. The SMILES string of the molecule is COC(=O)c1ccc(OC)c(-n2c(O)c3c(c2O)C2C=CC3C2)c1. The van der Waals surface area contributed by atoms with Gasteiger partial charge >= 0.3 is 5.97 Å². The second-order valence-electron chi connectivity index (χ2n) is 6.02. The van der Waals surface area contributed by atoms with Crippen molar-refractivity contribution in [3.8, 4) is 23.2 Å². The second-order valence-corrected chi connectivity index (χ2v) is 6.02. The van der Waals surface area contributed by atoms with Crippen LogP contribution in [0.2, 0.25) is 0 Å². The molecule has 2 atom stereocenters. The molecule has 0 aliphatic heterocycles. The van der Waals surface area contributed by atoms with Crippen LogP contribution in [0.1, 0.15) is 39.7 Å². The maximum atomic E-state index is 11.8. The van der Waals surface area contributed by atoms with Gasteiger partial charge in [0.25, 0.3) is 0 Å². The van der Waals surface area contributed by atoms with Gasteiger partial charge < -0.3 is 19.7 Å². The molecule has 2 N–H and O–H groups in total. The van der Waals surface area contributed by atoms with Crippen LogP contribution in [0, 0.1) is 0 Å². The molecule has 6 heteroatoms. The van der Waals surface area contributed by atoms with E-state index in [1.807, 2.05) is 0 Å². The van der Waals surface area contributed by atoms with Crippen molar-refractivity contribution in [2.24, 2.45) is 0 Å². The van der Waals surface area contributed by atoms with Crippen LogP contribution in [0.5, 0.6) is 17.5 Å². The number of rotatable bonds is 3. The summed E-state index contributed by atoms with van der Waals surface area (Å²) in [5.41, 5.74) is 2.21. The number of ether oxygens (including phenoxy) is 2. The van der Waals surface area contributed by atoms with Crippen molar-refractivity contribution in [3.05, 3.63) is 47.0 Å². The van der Waals surface area contributed by atoms with E-state index in [4.69, 9.17) is 9.47 Å². The van der Waals surface area contributed by atoms with Crippen LogP contribution in [0.15, 0.2) is 30.4 Å². The van der Waals surface area contributed by atoms with Gasteiger partial charge in [-0.15, -0.1) is 0 Å². The number of esters is 1. The van der Waals surface area contributed by atoms with Crippen molar-refractivity contribution in [3.63, 3.8) is 0 Å². The zero-order valence-corrected chi connectivity index (χ0v) is 13.3. The minimum atomic E-state index is -0.501. The molecule has 0 fully saturated rings. The van der Waals surface area contributed by atoms with Gasteiger partial charge in [-0.2, -0.15) is 0 Å². The van der Waals surface area contributed by atoms with Crippen molar-refractivity contribution in [1.82, 2.24) is 4.57 Å². The molecule has 4 rings (SSSR count). The Labute approximate surface area is 138 Å². The maximum absolute atomic E-state index is 11.8. The monoisotopic (exact) mass is 327 g/mol. The van der Waals surface area contributed by atoms with E-state index in [1.54, 1.807) is 12.1 Å². The summed E-state index contributed by atoms with van der Waals surface area (Å²) < 4.78 is 11.4. The average molecular weight is 327 g/mol. The summed E-state index contributed by atoms with van der Waals surface area (Å²) >= 11 is 0. The van der Waals surface area contributed by atoms with Crippen LogP contribution in [-0.4, -0.2) is 35.0 Å². The van der Waals surface area contributed by atoms with Crippen molar-refractivity contribution >= 4 is 5.97 Å². The Morgan fingerprint density at radius 1 is 1.12 bits per heavy atom. The quantitative estimate of drug-likeness (QED) is 0.669. The average Bonchev–Trinajstić information content (AvgIpc) is 3.27. The lowest BCUT2D eigenvalue weighted by molar-refractivity contribution is 0.0600. The van der Waals surface area contributed by atoms with Crippen molar-refractivity contribution in [2.75, 3.05) is 14.2 Å². The lowest BCUT2D eigenvalue weighted by Crippen LogP contribution is -2.05. The predicted molar refractivity (Wildman–Crippen MR) is 86.2 cm³/mol. The number of nitrogens with zero attached hydrogens (tertiary/aromatic N) is 1.